The second-order valence-corrected chi connectivity index (χ2v) is 2.81. The first-order valence-electron chi connectivity index (χ1n) is 2.98. The van der Waals surface area contributed by atoms with Gasteiger partial charge in [0, 0.05) is 6.07 Å². The molecule has 68 valence electrons. The lowest BCUT2D eigenvalue weighted by atomic mass is 10.3. The van der Waals surface area contributed by atoms with E-state index in [-0.39, 0.29) is 0 Å². The van der Waals surface area contributed by atoms with Gasteiger partial charge < -0.3 is 0 Å². The van der Waals surface area contributed by atoms with Gasteiger partial charge in [0.2, 0.25) is 6.08 Å². The zero-order valence-electron chi connectivity index (χ0n) is 5.94. The second kappa shape index (κ2) is 3.72. The smallest absolute Gasteiger partial charge is 0.211 e. The van der Waals surface area contributed by atoms with Gasteiger partial charge in [-0.25, -0.2) is 18.0 Å². The van der Waals surface area contributed by atoms with Crippen molar-refractivity contribution >= 4 is 27.7 Å². The first-order valence-corrected chi connectivity index (χ1v) is 3.78. The summed E-state index contributed by atoms with van der Waals surface area (Å²) >= 11 is 2.56. The zero-order valence-corrected chi connectivity index (χ0v) is 7.53. The molecule has 0 radical (unpaired) electrons. The monoisotopic (exact) mass is 251 g/mol. The van der Waals surface area contributed by atoms with Crippen molar-refractivity contribution in [3.63, 3.8) is 0 Å². The van der Waals surface area contributed by atoms with Gasteiger partial charge in [0.1, 0.15) is 5.69 Å². The molecule has 0 spiro atoms. The Morgan fingerprint density at radius 2 is 1.92 bits per heavy atom. The van der Waals surface area contributed by atoms with E-state index in [1.807, 2.05) is 0 Å². The minimum atomic E-state index is -1.35. The summed E-state index contributed by atoms with van der Waals surface area (Å²) in [5.74, 6) is -3.78. The molecular weight excluding hydrogens is 251 g/mol. The Morgan fingerprint density at radius 3 is 2.46 bits per heavy atom. The lowest BCUT2D eigenvalue weighted by Gasteiger charge is -2.00. The van der Waals surface area contributed by atoms with Crippen LogP contribution in [-0.4, -0.2) is 6.08 Å². The third kappa shape index (κ3) is 1.79. The molecule has 1 aromatic carbocycles. The molecule has 0 atom stereocenters. The largest absolute Gasteiger partial charge is 0.240 e. The molecule has 0 aliphatic rings. The fraction of sp³-hybridized carbons (Fsp3) is 0. The molecule has 0 heterocycles. The fourth-order valence-corrected chi connectivity index (χ4v) is 1.17. The minimum Gasteiger partial charge on any atom is -0.211 e. The molecule has 0 aliphatic heterocycles. The van der Waals surface area contributed by atoms with Crippen molar-refractivity contribution in [3.05, 3.63) is 28.0 Å². The summed E-state index contributed by atoms with van der Waals surface area (Å²) in [6, 6.07) is 0.302. The van der Waals surface area contributed by atoms with Crippen LogP contribution >= 0.6 is 15.9 Å². The molecule has 13 heavy (non-hydrogen) atoms. The van der Waals surface area contributed by atoms with E-state index >= 15 is 0 Å². The number of hydrogen-bond donors (Lipinski definition) is 0. The molecule has 2 nitrogen and oxygen atoms in total. The quantitative estimate of drug-likeness (QED) is 0.327. The molecule has 0 bridgehead atoms. The Balaban J connectivity index is 3.52. The predicted octanol–water partition coefficient (Wildman–Crippen LogP) is 2.83. The number of nitrogens with zero attached hydrogens (tertiary/aromatic N) is 1. The van der Waals surface area contributed by atoms with Crippen LogP contribution in [-0.2, 0) is 4.79 Å². The van der Waals surface area contributed by atoms with E-state index in [9.17, 15) is 18.0 Å². The minimum absolute atomic E-state index is 0.302. The van der Waals surface area contributed by atoms with Crippen LogP contribution in [0.2, 0.25) is 0 Å². The average Bonchev–Trinajstić information content (AvgIpc) is 2.09. The van der Waals surface area contributed by atoms with Crippen molar-refractivity contribution in [1.29, 1.82) is 0 Å². The molecule has 0 amide bonds. The molecule has 0 N–H and O–H groups in total. The average molecular weight is 252 g/mol. The Hall–Kier alpha value is -1.13. The number of halogens is 4. The van der Waals surface area contributed by atoms with Crippen LogP contribution in [0.3, 0.4) is 0 Å². The van der Waals surface area contributed by atoms with Crippen molar-refractivity contribution in [3.8, 4) is 0 Å². The molecule has 0 saturated carbocycles. The van der Waals surface area contributed by atoms with Gasteiger partial charge in [-0.2, -0.15) is 4.99 Å². The van der Waals surface area contributed by atoms with Crippen LogP contribution in [0.5, 0.6) is 0 Å². The summed E-state index contributed by atoms with van der Waals surface area (Å²) in [7, 11) is 0. The summed E-state index contributed by atoms with van der Waals surface area (Å²) in [6.45, 7) is 0. The number of hydrogen-bond acceptors (Lipinski definition) is 2. The predicted molar refractivity (Wildman–Crippen MR) is 41.8 cm³/mol. The van der Waals surface area contributed by atoms with Gasteiger partial charge >= 0.3 is 0 Å². The summed E-state index contributed by atoms with van der Waals surface area (Å²) < 4.78 is 37.4. The summed E-state index contributed by atoms with van der Waals surface area (Å²) in [4.78, 5) is 12.7. The van der Waals surface area contributed by atoms with Gasteiger partial charge in [-0.1, -0.05) is 0 Å². The molecule has 1 rings (SSSR count). The van der Waals surface area contributed by atoms with Crippen molar-refractivity contribution < 1.29 is 18.0 Å². The number of benzene rings is 1. The van der Waals surface area contributed by atoms with Crippen molar-refractivity contribution in [2.24, 2.45) is 4.99 Å². The third-order valence-corrected chi connectivity index (χ3v) is 1.97. The topological polar surface area (TPSA) is 29.4 Å². The zero-order chi connectivity index (χ0) is 10.0. The van der Waals surface area contributed by atoms with Crippen molar-refractivity contribution in [1.82, 2.24) is 0 Å². The molecule has 0 unspecified atom stereocenters. The second-order valence-electron chi connectivity index (χ2n) is 2.02. The Morgan fingerprint density at radius 1 is 1.31 bits per heavy atom. The van der Waals surface area contributed by atoms with Gasteiger partial charge in [-0.3, -0.25) is 0 Å². The van der Waals surface area contributed by atoms with Gasteiger partial charge in [0.25, 0.3) is 0 Å². The van der Waals surface area contributed by atoms with Gasteiger partial charge in [0.15, 0.2) is 17.5 Å². The molecule has 0 fully saturated rings. The van der Waals surface area contributed by atoms with E-state index in [0.717, 1.165) is 6.08 Å². The van der Waals surface area contributed by atoms with Crippen LogP contribution < -0.4 is 0 Å². The SMILES string of the molecule is O=C=Nc1c(F)cc(F)c(F)c1Br. The lowest BCUT2D eigenvalue weighted by Crippen LogP contribution is -1.89. The van der Waals surface area contributed by atoms with Crippen molar-refractivity contribution in [2.75, 3.05) is 0 Å². The van der Waals surface area contributed by atoms with Gasteiger partial charge in [-0.05, 0) is 15.9 Å². The highest BCUT2D eigenvalue weighted by Crippen LogP contribution is 2.32. The number of aliphatic imine (C=N–C) groups is 1. The summed E-state index contributed by atoms with van der Waals surface area (Å²) in [5.41, 5.74) is -0.603. The first kappa shape index (κ1) is 9.95. The Bertz CT molecular complexity index is 401. The van der Waals surface area contributed by atoms with E-state index in [1.54, 1.807) is 0 Å². The van der Waals surface area contributed by atoms with E-state index < -0.39 is 27.6 Å². The van der Waals surface area contributed by atoms with Crippen LogP contribution in [0.1, 0.15) is 0 Å². The highest BCUT2D eigenvalue weighted by atomic mass is 79.9. The lowest BCUT2D eigenvalue weighted by molar-refractivity contribution is 0.491. The Labute approximate surface area is 79.2 Å². The van der Waals surface area contributed by atoms with E-state index in [1.165, 1.54) is 0 Å². The van der Waals surface area contributed by atoms with Crippen LogP contribution in [0.4, 0.5) is 18.9 Å². The van der Waals surface area contributed by atoms with Gasteiger partial charge in [0.05, 0.1) is 4.47 Å². The Kier molecular flexibility index (Phi) is 2.85. The van der Waals surface area contributed by atoms with Gasteiger partial charge in [-0.15, -0.1) is 0 Å². The first-order chi connectivity index (χ1) is 6.07. The number of carbonyl (C=O) groups excluding carboxylic acids is 1. The standard InChI is InChI=1S/C7HBrF3NO/c8-5-6(11)3(9)1-4(10)7(5)12-2-13/h1H. The molecule has 6 heteroatoms. The van der Waals surface area contributed by atoms with E-state index in [0.29, 0.717) is 6.07 Å². The molecule has 0 saturated heterocycles. The van der Waals surface area contributed by atoms with E-state index in [2.05, 4.69) is 20.9 Å². The highest BCUT2D eigenvalue weighted by Gasteiger charge is 2.16. The van der Waals surface area contributed by atoms with E-state index in [4.69, 9.17) is 0 Å². The number of isocyanates is 1. The fourth-order valence-electron chi connectivity index (χ4n) is 0.705. The van der Waals surface area contributed by atoms with Crippen molar-refractivity contribution in [2.45, 2.75) is 0 Å². The molecule has 1 aromatic rings. The molecule has 0 aromatic heterocycles. The van der Waals surface area contributed by atoms with Crippen LogP contribution in [0.25, 0.3) is 0 Å². The van der Waals surface area contributed by atoms with Crippen LogP contribution in [0.15, 0.2) is 15.5 Å². The molecule has 0 aliphatic carbocycles. The summed E-state index contributed by atoms with van der Waals surface area (Å²) in [5, 5.41) is 0. The maximum atomic E-state index is 12.8. The maximum absolute atomic E-state index is 12.8. The number of rotatable bonds is 1. The third-order valence-electron chi connectivity index (χ3n) is 1.25. The maximum Gasteiger partial charge on any atom is 0.240 e. The van der Waals surface area contributed by atoms with Crippen LogP contribution in [0, 0.1) is 17.5 Å². The summed E-state index contributed by atoms with van der Waals surface area (Å²) in [6.07, 6.45) is 1.03. The molecular formula is C7HBrF3NO. The highest BCUT2D eigenvalue weighted by molar-refractivity contribution is 9.10. The normalized spacial score (nSPS) is 9.54.